The van der Waals surface area contributed by atoms with Gasteiger partial charge in [-0.25, -0.2) is 9.87 Å². The number of carbonyl (C=O) groups excluding carboxylic acids is 1. The molecule has 2 N–H and O–H groups in total. The second kappa shape index (κ2) is 12.3. The second-order valence-electron chi connectivity index (χ2n) is 7.53. The van der Waals surface area contributed by atoms with Crippen molar-refractivity contribution in [3.63, 3.8) is 0 Å². The van der Waals surface area contributed by atoms with Gasteiger partial charge in [0.15, 0.2) is 0 Å². The van der Waals surface area contributed by atoms with E-state index in [4.69, 9.17) is 9.94 Å². The molecule has 0 aliphatic rings. The van der Waals surface area contributed by atoms with E-state index < -0.39 is 11.8 Å². The minimum Gasteiger partial charge on any atom is -0.377 e. The fraction of sp³-hybridized carbons (Fsp3) is 0.435. The maximum Gasteiger partial charge on any atom is 0.246 e. The number of hydrogen-bond acceptors (Lipinski definition) is 5. The maximum atomic E-state index is 13.2. The monoisotopic (exact) mass is 417 g/mol. The lowest BCUT2D eigenvalue weighted by Gasteiger charge is -2.26. The van der Waals surface area contributed by atoms with E-state index in [-0.39, 0.29) is 11.9 Å². The van der Waals surface area contributed by atoms with Gasteiger partial charge in [0.1, 0.15) is 5.82 Å². The predicted molar refractivity (Wildman–Crippen MR) is 116 cm³/mol. The standard InChI is InChI=1S/C23H32FN3O3/c1-26(15-16-27(2)21-7-5-4-6-8-21)14-13-19(23(28)25-29)17-22(30-3)18-9-11-20(24)12-10-18/h4-12,19,22,29H,13-17H2,1-3H3,(H,25,28)/t19-,22+/m0/s1. The van der Waals surface area contributed by atoms with Gasteiger partial charge in [-0.05, 0) is 56.3 Å². The molecule has 30 heavy (non-hydrogen) atoms. The minimum atomic E-state index is -0.436. The lowest BCUT2D eigenvalue weighted by atomic mass is 9.93. The molecule has 2 aromatic rings. The van der Waals surface area contributed by atoms with Crippen LogP contribution in [0.4, 0.5) is 10.1 Å². The van der Waals surface area contributed by atoms with Gasteiger partial charge in [-0.1, -0.05) is 30.3 Å². The summed E-state index contributed by atoms with van der Waals surface area (Å²) in [5.74, 6) is -1.19. The van der Waals surface area contributed by atoms with Crippen molar-refractivity contribution >= 4 is 11.6 Å². The first-order valence-corrected chi connectivity index (χ1v) is 10.1. The third kappa shape index (κ3) is 7.40. The lowest BCUT2D eigenvalue weighted by Crippen LogP contribution is -2.35. The van der Waals surface area contributed by atoms with Crippen molar-refractivity contribution in [3.8, 4) is 0 Å². The summed E-state index contributed by atoms with van der Waals surface area (Å²) in [6.45, 7) is 2.39. The van der Waals surface area contributed by atoms with Crippen LogP contribution in [0.15, 0.2) is 54.6 Å². The highest BCUT2D eigenvalue weighted by Gasteiger charge is 2.24. The van der Waals surface area contributed by atoms with Gasteiger partial charge in [0.05, 0.1) is 6.10 Å². The zero-order chi connectivity index (χ0) is 21.9. The van der Waals surface area contributed by atoms with Crippen LogP contribution in [-0.2, 0) is 9.53 Å². The Morgan fingerprint density at radius 3 is 2.33 bits per heavy atom. The van der Waals surface area contributed by atoms with E-state index in [1.165, 1.54) is 12.1 Å². The van der Waals surface area contributed by atoms with Crippen LogP contribution >= 0.6 is 0 Å². The van der Waals surface area contributed by atoms with Crippen molar-refractivity contribution in [3.05, 3.63) is 66.0 Å². The molecule has 0 bridgehead atoms. The van der Waals surface area contributed by atoms with Crippen LogP contribution in [0.3, 0.4) is 0 Å². The molecule has 0 spiro atoms. The van der Waals surface area contributed by atoms with E-state index in [2.05, 4.69) is 29.0 Å². The fourth-order valence-electron chi connectivity index (χ4n) is 3.37. The number of nitrogens with one attached hydrogen (secondary N) is 1. The lowest BCUT2D eigenvalue weighted by molar-refractivity contribution is -0.135. The SMILES string of the molecule is CO[C@H](C[C@H](CCN(C)CCN(C)c1ccccc1)C(=O)NO)c1ccc(F)cc1. The first-order chi connectivity index (χ1) is 14.4. The van der Waals surface area contributed by atoms with E-state index in [1.807, 2.05) is 25.2 Å². The number of benzene rings is 2. The van der Waals surface area contributed by atoms with Crippen molar-refractivity contribution in [1.29, 1.82) is 0 Å². The van der Waals surface area contributed by atoms with E-state index in [0.29, 0.717) is 19.4 Å². The summed E-state index contributed by atoms with van der Waals surface area (Å²) in [6, 6.07) is 16.2. The van der Waals surface area contributed by atoms with Crippen molar-refractivity contribution in [2.24, 2.45) is 5.92 Å². The van der Waals surface area contributed by atoms with Crippen molar-refractivity contribution in [1.82, 2.24) is 10.4 Å². The van der Waals surface area contributed by atoms with Crippen LogP contribution in [-0.4, -0.2) is 56.9 Å². The molecular formula is C23H32FN3O3. The molecule has 0 heterocycles. The normalized spacial score (nSPS) is 13.1. The van der Waals surface area contributed by atoms with Gasteiger partial charge in [0, 0.05) is 38.9 Å². The number of halogens is 1. The van der Waals surface area contributed by atoms with E-state index in [1.54, 1.807) is 24.7 Å². The molecule has 0 aliphatic carbocycles. The molecule has 164 valence electrons. The number of carbonyl (C=O) groups is 1. The molecule has 2 atom stereocenters. The number of nitrogens with zero attached hydrogens (tertiary/aromatic N) is 2. The molecule has 0 saturated carbocycles. The molecule has 6 nitrogen and oxygen atoms in total. The highest BCUT2D eigenvalue weighted by Crippen LogP contribution is 2.27. The zero-order valence-electron chi connectivity index (χ0n) is 17.9. The van der Waals surface area contributed by atoms with Gasteiger partial charge < -0.3 is 14.5 Å². The van der Waals surface area contributed by atoms with E-state index in [0.717, 1.165) is 24.3 Å². The number of rotatable bonds is 12. The number of methoxy groups -OCH3 is 1. The smallest absolute Gasteiger partial charge is 0.246 e. The minimum absolute atomic E-state index is 0.319. The van der Waals surface area contributed by atoms with E-state index in [9.17, 15) is 9.18 Å². The molecule has 1 amide bonds. The summed E-state index contributed by atoms with van der Waals surface area (Å²) in [4.78, 5) is 16.6. The molecule has 0 aromatic heterocycles. The summed E-state index contributed by atoms with van der Waals surface area (Å²) in [6.07, 6.45) is 0.605. The number of anilines is 1. The second-order valence-corrected chi connectivity index (χ2v) is 7.53. The van der Waals surface area contributed by atoms with Crippen LogP contribution < -0.4 is 10.4 Å². The number of hydrogen-bond donors (Lipinski definition) is 2. The Morgan fingerprint density at radius 2 is 1.73 bits per heavy atom. The maximum absolute atomic E-state index is 13.2. The summed E-state index contributed by atoms with van der Waals surface area (Å²) >= 11 is 0. The van der Waals surface area contributed by atoms with E-state index >= 15 is 0 Å². The van der Waals surface area contributed by atoms with Crippen molar-refractivity contribution in [2.75, 3.05) is 45.7 Å². The van der Waals surface area contributed by atoms with Crippen LogP contribution in [0.5, 0.6) is 0 Å². The number of ether oxygens (including phenoxy) is 1. The first kappa shape index (κ1) is 23.8. The summed E-state index contributed by atoms with van der Waals surface area (Å²) < 4.78 is 18.7. The van der Waals surface area contributed by atoms with Gasteiger partial charge in [-0.15, -0.1) is 0 Å². The zero-order valence-corrected chi connectivity index (χ0v) is 17.9. The first-order valence-electron chi connectivity index (χ1n) is 10.1. The Morgan fingerprint density at radius 1 is 1.07 bits per heavy atom. The van der Waals surface area contributed by atoms with Crippen LogP contribution in [0, 0.1) is 11.7 Å². The molecule has 0 fully saturated rings. The van der Waals surface area contributed by atoms with Crippen LogP contribution in [0.2, 0.25) is 0 Å². The van der Waals surface area contributed by atoms with Gasteiger partial charge in [0.25, 0.3) is 0 Å². The topological polar surface area (TPSA) is 65.0 Å². The van der Waals surface area contributed by atoms with Gasteiger partial charge in [0.2, 0.25) is 5.91 Å². The highest BCUT2D eigenvalue weighted by atomic mass is 19.1. The Kier molecular flexibility index (Phi) is 9.73. The Balaban J connectivity index is 1.89. The van der Waals surface area contributed by atoms with Crippen LogP contribution in [0.25, 0.3) is 0 Å². The quantitative estimate of drug-likeness (QED) is 0.409. The molecule has 0 saturated heterocycles. The van der Waals surface area contributed by atoms with Crippen molar-refractivity contribution < 1.29 is 19.1 Å². The molecule has 0 radical (unpaired) electrons. The average molecular weight is 418 g/mol. The summed E-state index contributed by atoms with van der Waals surface area (Å²) in [5, 5.41) is 9.15. The molecule has 0 aliphatic heterocycles. The van der Waals surface area contributed by atoms with Gasteiger partial charge in [-0.3, -0.25) is 10.0 Å². The fourth-order valence-corrected chi connectivity index (χ4v) is 3.37. The number of hydroxylamine groups is 1. The number of likely N-dealkylation sites (N-methyl/N-ethyl adjacent to an activating group) is 2. The van der Waals surface area contributed by atoms with Crippen molar-refractivity contribution in [2.45, 2.75) is 18.9 Å². The predicted octanol–water partition coefficient (Wildman–Crippen LogP) is 3.48. The third-order valence-corrected chi connectivity index (χ3v) is 5.38. The highest BCUT2D eigenvalue weighted by molar-refractivity contribution is 5.77. The molecule has 2 rings (SSSR count). The van der Waals surface area contributed by atoms with Gasteiger partial charge >= 0.3 is 0 Å². The largest absolute Gasteiger partial charge is 0.377 e. The third-order valence-electron chi connectivity index (χ3n) is 5.38. The van der Waals surface area contributed by atoms with Gasteiger partial charge in [-0.2, -0.15) is 0 Å². The summed E-state index contributed by atoms with van der Waals surface area (Å²) in [5.41, 5.74) is 3.73. The average Bonchev–Trinajstić information content (AvgIpc) is 2.78. The molecule has 2 aromatic carbocycles. The number of amides is 1. The molecule has 0 unspecified atom stereocenters. The number of para-hydroxylation sites is 1. The Bertz CT molecular complexity index is 758. The Hall–Kier alpha value is -2.48. The molecular weight excluding hydrogens is 385 g/mol. The molecule has 7 heteroatoms. The summed E-state index contributed by atoms with van der Waals surface area (Å²) in [7, 11) is 5.63. The van der Waals surface area contributed by atoms with Crippen LogP contribution in [0.1, 0.15) is 24.5 Å². The Labute approximate surface area is 178 Å².